The van der Waals surface area contributed by atoms with Gasteiger partial charge in [-0.15, -0.1) is 0 Å². The highest BCUT2D eigenvalue weighted by molar-refractivity contribution is 5.99. The van der Waals surface area contributed by atoms with Crippen LogP contribution in [0.25, 0.3) is 21.5 Å². The zero-order valence-corrected chi connectivity index (χ0v) is 14.1. The fraction of sp³-hybridized carbons (Fsp3) is 0.0870. The summed E-state index contributed by atoms with van der Waals surface area (Å²) >= 11 is 0. The molecule has 0 bridgehead atoms. The maximum Gasteiger partial charge on any atom is 0.251 e. The molecule has 1 atom stereocenters. The first-order valence-corrected chi connectivity index (χ1v) is 8.50. The van der Waals surface area contributed by atoms with Crippen molar-refractivity contribution in [3.05, 3.63) is 96.1 Å². The summed E-state index contributed by atoms with van der Waals surface area (Å²) in [5.41, 5.74) is 1.82. The van der Waals surface area contributed by atoms with Gasteiger partial charge in [0.1, 0.15) is 0 Å². The molecule has 4 aromatic rings. The van der Waals surface area contributed by atoms with Gasteiger partial charge in [0.05, 0.1) is 6.04 Å². The molecule has 0 fully saturated rings. The molecule has 4 rings (SSSR count). The summed E-state index contributed by atoms with van der Waals surface area (Å²) in [6, 6.07) is 28.3. The lowest BCUT2D eigenvalue weighted by Crippen LogP contribution is -2.26. The molecule has 0 spiro atoms. The lowest BCUT2D eigenvalue weighted by molar-refractivity contribution is 0.0940. The zero-order chi connectivity index (χ0) is 17.2. The van der Waals surface area contributed by atoms with Crippen LogP contribution < -0.4 is 5.32 Å². The number of hydrogen-bond acceptors (Lipinski definition) is 1. The molecule has 1 N–H and O–H groups in total. The highest BCUT2D eigenvalue weighted by Crippen LogP contribution is 2.24. The van der Waals surface area contributed by atoms with Gasteiger partial charge in [0.15, 0.2) is 0 Å². The molecule has 0 aromatic heterocycles. The summed E-state index contributed by atoms with van der Waals surface area (Å²) in [5, 5.41) is 7.71. The Bertz CT molecular complexity index is 1060. The van der Waals surface area contributed by atoms with Crippen LogP contribution >= 0.6 is 0 Å². The maximum atomic E-state index is 12.7. The van der Waals surface area contributed by atoms with Crippen molar-refractivity contribution in [2.45, 2.75) is 13.0 Å². The molecule has 0 unspecified atom stereocenters. The van der Waals surface area contributed by atoms with Crippen molar-refractivity contribution in [3.63, 3.8) is 0 Å². The minimum atomic E-state index is -0.0647. The van der Waals surface area contributed by atoms with Crippen LogP contribution in [0.15, 0.2) is 84.9 Å². The summed E-state index contributed by atoms with van der Waals surface area (Å²) in [5.74, 6) is -0.0498. The van der Waals surface area contributed by atoms with Crippen LogP contribution in [0.2, 0.25) is 0 Å². The standard InChI is InChI=1S/C23H19NO/c1-16(21-12-6-10-18-8-4-5-11-22(18)21)24-23(25)20-14-13-17-7-2-3-9-19(17)15-20/h2-16H,1H3,(H,24,25)/t16-/m1/s1. The van der Waals surface area contributed by atoms with Gasteiger partial charge in [-0.2, -0.15) is 0 Å². The summed E-state index contributed by atoms with van der Waals surface area (Å²) in [6.45, 7) is 2.03. The number of fused-ring (bicyclic) bond motifs is 2. The average Bonchev–Trinajstić information content (AvgIpc) is 2.67. The fourth-order valence-corrected chi connectivity index (χ4v) is 3.32. The van der Waals surface area contributed by atoms with Crippen molar-refractivity contribution < 1.29 is 4.79 Å². The van der Waals surface area contributed by atoms with Gasteiger partial charge in [-0.05, 0) is 46.2 Å². The molecule has 0 aliphatic heterocycles. The Hall–Kier alpha value is -3.13. The predicted octanol–water partition coefficient (Wildman–Crippen LogP) is 5.48. The highest BCUT2D eigenvalue weighted by atomic mass is 16.1. The Labute approximate surface area is 147 Å². The van der Waals surface area contributed by atoms with E-state index >= 15 is 0 Å². The molecule has 0 aliphatic carbocycles. The number of rotatable bonds is 3. The number of carbonyl (C=O) groups excluding carboxylic acids is 1. The van der Waals surface area contributed by atoms with Crippen LogP contribution in [0.1, 0.15) is 28.9 Å². The monoisotopic (exact) mass is 325 g/mol. The van der Waals surface area contributed by atoms with Crippen LogP contribution in [0, 0.1) is 0 Å². The normalized spacial score (nSPS) is 12.2. The Morgan fingerprint density at radius 2 is 1.44 bits per heavy atom. The number of hydrogen-bond donors (Lipinski definition) is 1. The van der Waals surface area contributed by atoms with Gasteiger partial charge >= 0.3 is 0 Å². The van der Waals surface area contributed by atoms with Crippen LogP contribution in [0.4, 0.5) is 0 Å². The van der Waals surface area contributed by atoms with E-state index in [4.69, 9.17) is 0 Å². The Kier molecular flexibility index (Phi) is 3.95. The van der Waals surface area contributed by atoms with Gasteiger partial charge in [0.2, 0.25) is 0 Å². The van der Waals surface area contributed by atoms with E-state index in [2.05, 4.69) is 35.6 Å². The molecule has 2 nitrogen and oxygen atoms in total. The van der Waals surface area contributed by atoms with E-state index in [0.717, 1.165) is 16.3 Å². The van der Waals surface area contributed by atoms with Crippen molar-refractivity contribution in [2.24, 2.45) is 0 Å². The molecule has 0 heterocycles. The lowest BCUT2D eigenvalue weighted by atomic mass is 9.99. The van der Waals surface area contributed by atoms with Crippen LogP contribution in [-0.4, -0.2) is 5.91 Å². The summed E-state index contributed by atoms with van der Waals surface area (Å²) in [6.07, 6.45) is 0. The maximum absolute atomic E-state index is 12.7. The summed E-state index contributed by atoms with van der Waals surface area (Å²) in [7, 11) is 0. The Morgan fingerprint density at radius 1 is 0.760 bits per heavy atom. The van der Waals surface area contributed by atoms with Crippen molar-refractivity contribution in [1.82, 2.24) is 5.32 Å². The highest BCUT2D eigenvalue weighted by Gasteiger charge is 2.13. The first-order chi connectivity index (χ1) is 12.2. The van der Waals surface area contributed by atoms with Gasteiger partial charge in [0.25, 0.3) is 5.91 Å². The summed E-state index contributed by atoms with van der Waals surface area (Å²) in [4.78, 5) is 12.7. The Morgan fingerprint density at radius 3 is 2.28 bits per heavy atom. The van der Waals surface area contributed by atoms with Crippen LogP contribution in [0.3, 0.4) is 0 Å². The SMILES string of the molecule is C[C@@H](NC(=O)c1ccc2ccccc2c1)c1cccc2ccccc12. The van der Waals surface area contributed by atoms with Crippen molar-refractivity contribution in [2.75, 3.05) is 0 Å². The molecule has 2 heteroatoms. The van der Waals surface area contributed by atoms with E-state index < -0.39 is 0 Å². The molecule has 1 amide bonds. The van der Waals surface area contributed by atoms with Crippen molar-refractivity contribution in [3.8, 4) is 0 Å². The molecule has 4 aromatic carbocycles. The number of benzene rings is 4. The fourth-order valence-electron chi connectivity index (χ4n) is 3.32. The third-order valence-electron chi connectivity index (χ3n) is 4.65. The second-order valence-electron chi connectivity index (χ2n) is 6.33. The van der Waals surface area contributed by atoms with Gasteiger partial charge in [-0.3, -0.25) is 4.79 Å². The van der Waals surface area contributed by atoms with Gasteiger partial charge in [-0.25, -0.2) is 0 Å². The second kappa shape index (κ2) is 6.40. The smallest absolute Gasteiger partial charge is 0.251 e. The van der Waals surface area contributed by atoms with E-state index in [-0.39, 0.29) is 11.9 Å². The van der Waals surface area contributed by atoms with E-state index in [9.17, 15) is 4.79 Å². The number of carbonyl (C=O) groups is 1. The van der Waals surface area contributed by atoms with Crippen molar-refractivity contribution in [1.29, 1.82) is 0 Å². The molecule has 0 aliphatic rings. The third-order valence-corrected chi connectivity index (χ3v) is 4.65. The molecule has 25 heavy (non-hydrogen) atoms. The predicted molar refractivity (Wildman–Crippen MR) is 104 cm³/mol. The average molecular weight is 325 g/mol. The van der Waals surface area contributed by atoms with E-state index in [1.807, 2.05) is 61.5 Å². The number of nitrogens with one attached hydrogen (secondary N) is 1. The second-order valence-corrected chi connectivity index (χ2v) is 6.33. The third kappa shape index (κ3) is 2.99. The number of amides is 1. The van der Waals surface area contributed by atoms with Gasteiger partial charge in [-0.1, -0.05) is 72.8 Å². The quantitative estimate of drug-likeness (QED) is 0.530. The van der Waals surface area contributed by atoms with E-state index in [1.54, 1.807) is 0 Å². The Balaban J connectivity index is 1.62. The topological polar surface area (TPSA) is 29.1 Å². The first-order valence-electron chi connectivity index (χ1n) is 8.50. The molecule has 122 valence electrons. The van der Waals surface area contributed by atoms with Gasteiger partial charge < -0.3 is 5.32 Å². The van der Waals surface area contributed by atoms with Crippen molar-refractivity contribution >= 4 is 27.5 Å². The molecular weight excluding hydrogens is 306 g/mol. The molecular formula is C23H19NO. The first kappa shape index (κ1) is 15.4. The van der Waals surface area contributed by atoms with Crippen LogP contribution in [0.5, 0.6) is 0 Å². The van der Waals surface area contributed by atoms with Crippen LogP contribution in [-0.2, 0) is 0 Å². The molecule has 0 saturated carbocycles. The van der Waals surface area contributed by atoms with Gasteiger partial charge in [0, 0.05) is 5.56 Å². The van der Waals surface area contributed by atoms with E-state index in [0.29, 0.717) is 5.56 Å². The largest absolute Gasteiger partial charge is 0.345 e. The minimum Gasteiger partial charge on any atom is -0.345 e. The van der Waals surface area contributed by atoms with E-state index in [1.165, 1.54) is 10.8 Å². The molecule has 0 saturated heterocycles. The lowest BCUT2D eigenvalue weighted by Gasteiger charge is -2.17. The minimum absolute atomic E-state index is 0.0498. The summed E-state index contributed by atoms with van der Waals surface area (Å²) < 4.78 is 0. The zero-order valence-electron chi connectivity index (χ0n) is 14.1. The molecule has 0 radical (unpaired) electrons.